The summed E-state index contributed by atoms with van der Waals surface area (Å²) in [6, 6.07) is 0.549. The van der Waals surface area contributed by atoms with Crippen LogP contribution in [-0.4, -0.2) is 50.6 Å². The number of ether oxygens (including phenoxy) is 2. The lowest BCUT2D eigenvalue weighted by Crippen LogP contribution is -2.67. The highest BCUT2D eigenvalue weighted by atomic mass is 16.7. The molecule has 1 unspecified atom stereocenters. The van der Waals surface area contributed by atoms with Gasteiger partial charge >= 0.3 is 0 Å². The van der Waals surface area contributed by atoms with E-state index in [0.29, 0.717) is 6.04 Å². The molecular formula is C10H20N2O2. The SMILES string of the molecule is COC1(OC)CN(C(CN)C2CC2)C1. The van der Waals surface area contributed by atoms with Gasteiger partial charge in [-0.3, -0.25) is 4.90 Å². The minimum absolute atomic E-state index is 0.359. The molecule has 1 heterocycles. The molecule has 1 atom stereocenters. The van der Waals surface area contributed by atoms with Crippen molar-refractivity contribution in [2.45, 2.75) is 24.7 Å². The highest BCUT2D eigenvalue weighted by molar-refractivity contribution is 4.98. The van der Waals surface area contributed by atoms with Gasteiger partial charge in [-0.2, -0.15) is 0 Å². The molecule has 0 aromatic rings. The summed E-state index contributed by atoms with van der Waals surface area (Å²) in [5, 5.41) is 0. The molecule has 0 aromatic carbocycles. The van der Waals surface area contributed by atoms with E-state index in [-0.39, 0.29) is 5.79 Å². The molecule has 0 radical (unpaired) electrons. The van der Waals surface area contributed by atoms with Crippen LogP contribution in [0.15, 0.2) is 0 Å². The number of nitrogens with zero attached hydrogens (tertiary/aromatic N) is 1. The summed E-state index contributed by atoms with van der Waals surface area (Å²) in [7, 11) is 3.41. The molecule has 1 aliphatic heterocycles. The van der Waals surface area contributed by atoms with Gasteiger partial charge in [0.1, 0.15) is 0 Å². The van der Waals surface area contributed by atoms with Gasteiger partial charge < -0.3 is 15.2 Å². The van der Waals surface area contributed by atoms with Crippen LogP contribution < -0.4 is 5.73 Å². The van der Waals surface area contributed by atoms with Crippen LogP contribution in [0.2, 0.25) is 0 Å². The van der Waals surface area contributed by atoms with Crippen molar-refractivity contribution >= 4 is 0 Å². The zero-order valence-corrected chi connectivity index (χ0v) is 9.03. The Kier molecular flexibility index (Phi) is 2.79. The van der Waals surface area contributed by atoms with Crippen molar-refractivity contribution < 1.29 is 9.47 Å². The van der Waals surface area contributed by atoms with Crippen molar-refractivity contribution in [1.82, 2.24) is 4.90 Å². The monoisotopic (exact) mass is 200 g/mol. The molecule has 2 N–H and O–H groups in total. The molecule has 0 bridgehead atoms. The molecule has 4 heteroatoms. The average molecular weight is 200 g/mol. The Balaban J connectivity index is 1.85. The standard InChI is InChI=1S/C10H20N2O2/c1-13-10(14-2)6-12(7-10)9(5-11)8-3-4-8/h8-9H,3-7,11H2,1-2H3. The quantitative estimate of drug-likeness (QED) is 0.636. The number of rotatable bonds is 5. The summed E-state index contributed by atoms with van der Waals surface area (Å²) in [5.74, 6) is 0.467. The van der Waals surface area contributed by atoms with Gasteiger partial charge in [0.25, 0.3) is 0 Å². The lowest BCUT2D eigenvalue weighted by Gasteiger charge is -2.50. The first-order chi connectivity index (χ1) is 6.74. The highest BCUT2D eigenvalue weighted by Gasteiger charge is 2.49. The van der Waals surface area contributed by atoms with Gasteiger partial charge in [0.15, 0.2) is 5.79 Å². The van der Waals surface area contributed by atoms with Crippen LogP contribution in [-0.2, 0) is 9.47 Å². The van der Waals surface area contributed by atoms with E-state index in [9.17, 15) is 0 Å². The van der Waals surface area contributed by atoms with E-state index >= 15 is 0 Å². The maximum atomic E-state index is 5.77. The summed E-state index contributed by atoms with van der Waals surface area (Å²) in [4.78, 5) is 2.38. The number of methoxy groups -OCH3 is 2. The molecule has 4 nitrogen and oxygen atoms in total. The Labute approximate surface area is 85.3 Å². The van der Waals surface area contributed by atoms with Crippen LogP contribution in [0, 0.1) is 5.92 Å². The smallest absolute Gasteiger partial charge is 0.193 e. The Morgan fingerprint density at radius 1 is 1.36 bits per heavy atom. The molecule has 0 spiro atoms. The van der Waals surface area contributed by atoms with Gasteiger partial charge in [0.05, 0.1) is 13.1 Å². The van der Waals surface area contributed by atoms with E-state index in [1.54, 1.807) is 14.2 Å². The first-order valence-electron chi connectivity index (χ1n) is 5.29. The second-order valence-corrected chi connectivity index (χ2v) is 4.36. The molecular weight excluding hydrogens is 180 g/mol. The Bertz CT molecular complexity index is 194. The fourth-order valence-corrected chi connectivity index (χ4v) is 2.27. The normalized spacial score (nSPS) is 28.5. The van der Waals surface area contributed by atoms with E-state index in [1.807, 2.05) is 0 Å². The molecule has 14 heavy (non-hydrogen) atoms. The fraction of sp³-hybridized carbons (Fsp3) is 1.00. The van der Waals surface area contributed by atoms with Gasteiger partial charge in [-0.05, 0) is 18.8 Å². The van der Waals surface area contributed by atoms with Crippen LogP contribution in [0.5, 0.6) is 0 Å². The number of hydrogen-bond donors (Lipinski definition) is 1. The first kappa shape index (κ1) is 10.4. The van der Waals surface area contributed by atoms with Gasteiger partial charge in [0, 0.05) is 26.8 Å². The maximum Gasteiger partial charge on any atom is 0.193 e. The third kappa shape index (κ3) is 1.67. The van der Waals surface area contributed by atoms with Crippen molar-refractivity contribution in [2.75, 3.05) is 33.9 Å². The van der Waals surface area contributed by atoms with E-state index in [4.69, 9.17) is 15.2 Å². The molecule has 1 aliphatic carbocycles. The maximum absolute atomic E-state index is 5.77. The van der Waals surface area contributed by atoms with Crippen LogP contribution in [0.1, 0.15) is 12.8 Å². The highest BCUT2D eigenvalue weighted by Crippen LogP contribution is 2.39. The molecule has 1 saturated carbocycles. The van der Waals surface area contributed by atoms with Crippen LogP contribution in [0.4, 0.5) is 0 Å². The van der Waals surface area contributed by atoms with Gasteiger partial charge in [-0.25, -0.2) is 0 Å². The van der Waals surface area contributed by atoms with Gasteiger partial charge in [-0.1, -0.05) is 0 Å². The fourth-order valence-electron chi connectivity index (χ4n) is 2.27. The number of nitrogens with two attached hydrogens (primary N) is 1. The van der Waals surface area contributed by atoms with E-state index in [0.717, 1.165) is 25.6 Å². The van der Waals surface area contributed by atoms with Crippen LogP contribution >= 0.6 is 0 Å². The van der Waals surface area contributed by atoms with Crippen molar-refractivity contribution in [2.24, 2.45) is 11.7 Å². The van der Waals surface area contributed by atoms with Gasteiger partial charge in [-0.15, -0.1) is 0 Å². The summed E-state index contributed by atoms with van der Waals surface area (Å²) in [6.45, 7) is 2.48. The van der Waals surface area contributed by atoms with Crippen molar-refractivity contribution in [3.63, 3.8) is 0 Å². The topological polar surface area (TPSA) is 47.7 Å². The van der Waals surface area contributed by atoms with Crippen molar-refractivity contribution in [1.29, 1.82) is 0 Å². The zero-order valence-electron chi connectivity index (χ0n) is 9.03. The number of likely N-dealkylation sites (tertiary alicyclic amines) is 1. The van der Waals surface area contributed by atoms with Crippen molar-refractivity contribution in [3.05, 3.63) is 0 Å². The lowest BCUT2D eigenvalue weighted by atomic mass is 10.0. The van der Waals surface area contributed by atoms with E-state index in [1.165, 1.54) is 12.8 Å². The molecule has 2 aliphatic rings. The first-order valence-corrected chi connectivity index (χ1v) is 5.29. The molecule has 0 amide bonds. The Hall–Kier alpha value is -0.160. The summed E-state index contributed by atoms with van der Waals surface area (Å²) >= 11 is 0. The molecule has 2 fully saturated rings. The number of hydrogen-bond acceptors (Lipinski definition) is 4. The minimum atomic E-state index is -0.359. The van der Waals surface area contributed by atoms with E-state index in [2.05, 4.69) is 4.90 Å². The minimum Gasteiger partial charge on any atom is -0.351 e. The van der Waals surface area contributed by atoms with Crippen LogP contribution in [0.25, 0.3) is 0 Å². The molecule has 1 saturated heterocycles. The third-order valence-corrected chi connectivity index (χ3v) is 3.51. The average Bonchev–Trinajstić information content (AvgIpc) is 2.94. The Morgan fingerprint density at radius 2 is 1.93 bits per heavy atom. The summed E-state index contributed by atoms with van der Waals surface area (Å²) in [6.07, 6.45) is 2.68. The summed E-state index contributed by atoms with van der Waals surface area (Å²) < 4.78 is 10.7. The zero-order chi connectivity index (χ0) is 10.2. The second-order valence-electron chi connectivity index (χ2n) is 4.36. The molecule has 2 rings (SSSR count). The largest absolute Gasteiger partial charge is 0.351 e. The third-order valence-electron chi connectivity index (χ3n) is 3.51. The van der Waals surface area contributed by atoms with E-state index < -0.39 is 0 Å². The summed E-state index contributed by atoms with van der Waals surface area (Å²) in [5.41, 5.74) is 5.77. The van der Waals surface area contributed by atoms with Crippen LogP contribution in [0.3, 0.4) is 0 Å². The van der Waals surface area contributed by atoms with Gasteiger partial charge in [0.2, 0.25) is 0 Å². The second kappa shape index (κ2) is 3.77. The molecule has 82 valence electrons. The predicted octanol–water partition coefficient (Wildman–Crippen LogP) is 0.0284. The molecule has 0 aromatic heterocycles. The lowest BCUT2D eigenvalue weighted by molar-refractivity contribution is -0.282. The Morgan fingerprint density at radius 3 is 2.29 bits per heavy atom. The van der Waals surface area contributed by atoms with Crippen molar-refractivity contribution in [3.8, 4) is 0 Å². The predicted molar refractivity (Wildman–Crippen MR) is 53.9 cm³/mol.